The first-order valence-corrected chi connectivity index (χ1v) is 9.66. The number of hydrogen-bond acceptors (Lipinski definition) is 3. The fraction of sp³-hybridized carbons (Fsp3) is 0.348. The van der Waals surface area contributed by atoms with Gasteiger partial charge in [0.25, 0.3) is 0 Å². The lowest BCUT2D eigenvalue weighted by molar-refractivity contribution is -0.125. The number of hydrogen-bond donors (Lipinski definition) is 2. The molecule has 0 aliphatic heterocycles. The van der Waals surface area contributed by atoms with Gasteiger partial charge in [-0.2, -0.15) is 5.26 Å². The molecule has 1 aliphatic rings. The predicted molar refractivity (Wildman–Crippen MR) is 110 cm³/mol. The van der Waals surface area contributed by atoms with Crippen LogP contribution in [0.25, 0.3) is 0 Å². The average molecular weight is 375 g/mol. The second kappa shape index (κ2) is 8.71. The lowest BCUT2D eigenvalue weighted by Gasteiger charge is -2.27. The van der Waals surface area contributed by atoms with Gasteiger partial charge in [0.2, 0.25) is 11.8 Å². The van der Waals surface area contributed by atoms with Crippen molar-refractivity contribution in [3.63, 3.8) is 0 Å². The van der Waals surface area contributed by atoms with Crippen LogP contribution in [0.2, 0.25) is 0 Å². The summed E-state index contributed by atoms with van der Waals surface area (Å²) in [6, 6.07) is 15.1. The highest BCUT2D eigenvalue weighted by atomic mass is 16.2. The smallest absolute Gasteiger partial charge is 0.227 e. The van der Waals surface area contributed by atoms with Crippen molar-refractivity contribution in [1.29, 1.82) is 5.26 Å². The van der Waals surface area contributed by atoms with Gasteiger partial charge in [0, 0.05) is 17.5 Å². The molecule has 2 aromatic rings. The lowest BCUT2D eigenvalue weighted by atomic mass is 9.81. The van der Waals surface area contributed by atoms with Gasteiger partial charge in [-0.3, -0.25) is 9.59 Å². The van der Waals surface area contributed by atoms with E-state index in [4.69, 9.17) is 5.26 Å². The maximum atomic E-state index is 12.6. The molecule has 0 spiro atoms. The minimum absolute atomic E-state index is 0.0300. The van der Waals surface area contributed by atoms with Crippen molar-refractivity contribution in [2.75, 3.05) is 10.6 Å². The van der Waals surface area contributed by atoms with E-state index in [1.807, 2.05) is 32.0 Å². The Morgan fingerprint density at radius 2 is 1.46 bits per heavy atom. The third-order valence-electron chi connectivity index (χ3n) is 5.43. The van der Waals surface area contributed by atoms with Gasteiger partial charge in [0.1, 0.15) is 6.07 Å². The molecule has 0 unspecified atom stereocenters. The SMILES string of the molecule is Cc1ccc(C)c(NC(=O)C2CCC(C(=O)Nc3ccccc3C#N)CC2)c1. The first-order chi connectivity index (χ1) is 13.5. The van der Waals surface area contributed by atoms with Crippen LogP contribution in [0.3, 0.4) is 0 Å². The number of nitrogens with one attached hydrogen (secondary N) is 2. The molecule has 1 fully saturated rings. The quantitative estimate of drug-likeness (QED) is 0.822. The number of benzene rings is 2. The molecule has 2 N–H and O–H groups in total. The first kappa shape index (κ1) is 19.6. The largest absolute Gasteiger partial charge is 0.326 e. The summed E-state index contributed by atoms with van der Waals surface area (Å²) in [7, 11) is 0. The summed E-state index contributed by atoms with van der Waals surface area (Å²) in [4.78, 5) is 25.2. The minimum Gasteiger partial charge on any atom is -0.326 e. The molecule has 2 amide bonds. The molecule has 1 saturated carbocycles. The van der Waals surface area contributed by atoms with Crippen LogP contribution in [-0.2, 0) is 9.59 Å². The zero-order valence-electron chi connectivity index (χ0n) is 16.3. The Morgan fingerprint density at radius 3 is 2.07 bits per heavy atom. The van der Waals surface area contributed by atoms with Gasteiger partial charge < -0.3 is 10.6 Å². The third-order valence-corrected chi connectivity index (χ3v) is 5.43. The Hall–Kier alpha value is -3.13. The molecule has 0 heterocycles. The number of rotatable bonds is 4. The van der Waals surface area contributed by atoms with Gasteiger partial charge in [-0.25, -0.2) is 0 Å². The number of carbonyl (C=O) groups is 2. The van der Waals surface area contributed by atoms with Crippen LogP contribution >= 0.6 is 0 Å². The van der Waals surface area contributed by atoms with Crippen molar-refractivity contribution < 1.29 is 9.59 Å². The summed E-state index contributed by atoms with van der Waals surface area (Å²) in [5.74, 6) is -0.245. The lowest BCUT2D eigenvalue weighted by Crippen LogP contribution is -2.32. The van der Waals surface area contributed by atoms with E-state index in [9.17, 15) is 9.59 Å². The molecule has 0 aromatic heterocycles. The van der Waals surface area contributed by atoms with E-state index in [2.05, 4.69) is 16.7 Å². The van der Waals surface area contributed by atoms with Crippen molar-refractivity contribution in [3.8, 4) is 6.07 Å². The van der Waals surface area contributed by atoms with Crippen LogP contribution in [0.5, 0.6) is 0 Å². The maximum Gasteiger partial charge on any atom is 0.227 e. The van der Waals surface area contributed by atoms with E-state index in [0.29, 0.717) is 36.9 Å². The number of carbonyl (C=O) groups excluding carboxylic acids is 2. The van der Waals surface area contributed by atoms with Crippen molar-refractivity contribution in [2.45, 2.75) is 39.5 Å². The summed E-state index contributed by atoms with van der Waals surface area (Å²) >= 11 is 0. The minimum atomic E-state index is -0.128. The molecule has 5 nitrogen and oxygen atoms in total. The summed E-state index contributed by atoms with van der Waals surface area (Å²) in [6.07, 6.45) is 2.72. The van der Waals surface area contributed by atoms with Crippen LogP contribution in [0, 0.1) is 37.0 Å². The van der Waals surface area contributed by atoms with E-state index in [0.717, 1.165) is 16.8 Å². The van der Waals surface area contributed by atoms with Crippen LogP contribution < -0.4 is 10.6 Å². The molecule has 28 heavy (non-hydrogen) atoms. The highest BCUT2D eigenvalue weighted by Crippen LogP contribution is 2.31. The average Bonchev–Trinajstić information content (AvgIpc) is 2.71. The molecule has 0 radical (unpaired) electrons. The van der Waals surface area contributed by atoms with Crippen molar-refractivity contribution in [1.82, 2.24) is 0 Å². The number of nitriles is 1. The molecule has 0 saturated heterocycles. The molecular formula is C23H25N3O2. The Morgan fingerprint density at radius 1 is 0.893 bits per heavy atom. The van der Waals surface area contributed by atoms with E-state index in [-0.39, 0.29) is 23.7 Å². The zero-order chi connectivity index (χ0) is 20.1. The molecule has 2 aromatic carbocycles. The Kier molecular flexibility index (Phi) is 6.10. The standard InChI is InChI=1S/C23H25N3O2/c1-15-7-8-16(2)21(13-15)26-23(28)18-11-9-17(10-12-18)22(27)25-20-6-4-3-5-19(20)14-24/h3-8,13,17-18H,9-12H2,1-2H3,(H,25,27)(H,26,28). The monoisotopic (exact) mass is 375 g/mol. The predicted octanol–water partition coefficient (Wildman–Crippen LogP) is 4.56. The number of amides is 2. The van der Waals surface area contributed by atoms with Gasteiger partial charge in [-0.1, -0.05) is 24.3 Å². The highest BCUT2D eigenvalue weighted by Gasteiger charge is 2.30. The van der Waals surface area contributed by atoms with E-state index in [1.54, 1.807) is 24.3 Å². The fourth-order valence-electron chi connectivity index (χ4n) is 3.65. The van der Waals surface area contributed by atoms with Crippen LogP contribution in [0.15, 0.2) is 42.5 Å². The van der Waals surface area contributed by atoms with E-state index in [1.165, 1.54) is 0 Å². The van der Waals surface area contributed by atoms with Gasteiger partial charge in [-0.05, 0) is 68.9 Å². The maximum absolute atomic E-state index is 12.6. The number of para-hydroxylation sites is 1. The van der Waals surface area contributed by atoms with Crippen molar-refractivity contribution in [2.24, 2.45) is 11.8 Å². The van der Waals surface area contributed by atoms with Crippen LogP contribution in [0.1, 0.15) is 42.4 Å². The summed E-state index contributed by atoms with van der Waals surface area (Å²) in [5.41, 5.74) is 4.02. The number of aryl methyl sites for hydroxylation is 2. The highest BCUT2D eigenvalue weighted by molar-refractivity contribution is 5.95. The normalized spacial score (nSPS) is 18.8. The Balaban J connectivity index is 1.55. The molecule has 5 heteroatoms. The van der Waals surface area contributed by atoms with E-state index < -0.39 is 0 Å². The van der Waals surface area contributed by atoms with E-state index >= 15 is 0 Å². The van der Waals surface area contributed by atoms with Gasteiger partial charge in [0.15, 0.2) is 0 Å². The fourth-order valence-corrected chi connectivity index (χ4v) is 3.65. The van der Waals surface area contributed by atoms with Gasteiger partial charge in [0.05, 0.1) is 11.3 Å². The van der Waals surface area contributed by atoms with Crippen LogP contribution in [0.4, 0.5) is 11.4 Å². The summed E-state index contributed by atoms with van der Waals surface area (Å²) < 4.78 is 0. The molecule has 3 rings (SSSR count). The molecule has 0 bridgehead atoms. The number of anilines is 2. The van der Waals surface area contributed by atoms with Crippen molar-refractivity contribution in [3.05, 3.63) is 59.2 Å². The Bertz CT molecular complexity index is 922. The third kappa shape index (κ3) is 4.58. The summed E-state index contributed by atoms with van der Waals surface area (Å²) in [6.45, 7) is 3.98. The second-order valence-corrected chi connectivity index (χ2v) is 7.50. The second-order valence-electron chi connectivity index (χ2n) is 7.50. The van der Waals surface area contributed by atoms with Gasteiger partial charge in [-0.15, -0.1) is 0 Å². The van der Waals surface area contributed by atoms with Crippen LogP contribution in [-0.4, -0.2) is 11.8 Å². The van der Waals surface area contributed by atoms with Crippen molar-refractivity contribution >= 4 is 23.2 Å². The molecule has 0 atom stereocenters. The molecule has 1 aliphatic carbocycles. The topological polar surface area (TPSA) is 82.0 Å². The number of nitrogens with zero attached hydrogens (tertiary/aromatic N) is 1. The summed E-state index contributed by atoms with van der Waals surface area (Å²) in [5, 5.41) is 15.1. The molecular weight excluding hydrogens is 350 g/mol. The first-order valence-electron chi connectivity index (χ1n) is 9.66. The zero-order valence-corrected chi connectivity index (χ0v) is 16.3. The molecule has 144 valence electrons. The Labute approximate surface area is 165 Å². The van der Waals surface area contributed by atoms with Gasteiger partial charge >= 0.3 is 0 Å².